The van der Waals surface area contributed by atoms with Crippen molar-refractivity contribution in [1.82, 2.24) is 5.32 Å². The molecule has 0 aromatic heterocycles. The average molecular weight is 403 g/mol. The molecule has 6 heteroatoms. The van der Waals surface area contributed by atoms with Crippen LogP contribution in [-0.4, -0.2) is 13.7 Å². The van der Waals surface area contributed by atoms with Crippen molar-refractivity contribution in [1.29, 1.82) is 0 Å². The standard InChI is InChI=1S/C19H22Cl3NO2/c1-3-4-7-23-11-13-8-17(22)19(18(9-13)24-2)25-12-14-5-6-15(20)10-16(14)21/h5-6,8-10,23H,3-4,7,11-12H2,1-2H3. The lowest BCUT2D eigenvalue weighted by atomic mass is 10.2. The van der Waals surface area contributed by atoms with Crippen LogP contribution in [0, 0.1) is 0 Å². The van der Waals surface area contributed by atoms with Crippen molar-refractivity contribution < 1.29 is 9.47 Å². The highest BCUT2D eigenvalue weighted by Gasteiger charge is 2.13. The second-order valence-corrected chi connectivity index (χ2v) is 6.91. The number of rotatable bonds is 9. The molecule has 0 radical (unpaired) electrons. The Balaban J connectivity index is 2.09. The first-order chi connectivity index (χ1) is 12.0. The highest BCUT2D eigenvalue weighted by Crippen LogP contribution is 2.37. The normalized spacial score (nSPS) is 10.8. The molecule has 0 aliphatic carbocycles. The number of nitrogens with one attached hydrogen (secondary N) is 1. The Morgan fingerprint density at radius 2 is 1.84 bits per heavy atom. The monoisotopic (exact) mass is 401 g/mol. The van der Waals surface area contributed by atoms with Crippen LogP contribution in [0.4, 0.5) is 0 Å². The van der Waals surface area contributed by atoms with E-state index < -0.39 is 0 Å². The molecule has 1 N–H and O–H groups in total. The Bertz CT molecular complexity index is 707. The summed E-state index contributed by atoms with van der Waals surface area (Å²) >= 11 is 18.5. The van der Waals surface area contributed by atoms with Gasteiger partial charge in [-0.3, -0.25) is 0 Å². The molecule has 2 aromatic rings. The van der Waals surface area contributed by atoms with E-state index in [-0.39, 0.29) is 6.61 Å². The summed E-state index contributed by atoms with van der Waals surface area (Å²) in [6, 6.07) is 9.12. The summed E-state index contributed by atoms with van der Waals surface area (Å²) in [4.78, 5) is 0. The maximum Gasteiger partial charge on any atom is 0.180 e. The summed E-state index contributed by atoms with van der Waals surface area (Å²) in [5, 5.41) is 5.04. The lowest BCUT2D eigenvalue weighted by molar-refractivity contribution is 0.284. The summed E-state index contributed by atoms with van der Waals surface area (Å²) in [5.74, 6) is 1.11. The van der Waals surface area contributed by atoms with Gasteiger partial charge in [-0.2, -0.15) is 0 Å². The fourth-order valence-corrected chi connectivity index (χ4v) is 3.09. The summed E-state index contributed by atoms with van der Waals surface area (Å²) in [7, 11) is 1.60. The first kappa shape index (κ1) is 20.2. The number of benzene rings is 2. The number of hydrogen-bond donors (Lipinski definition) is 1. The fourth-order valence-electron chi connectivity index (χ4n) is 2.34. The molecule has 0 bridgehead atoms. The Kier molecular flexibility index (Phi) is 8.17. The van der Waals surface area contributed by atoms with Gasteiger partial charge in [0.2, 0.25) is 0 Å². The minimum atomic E-state index is 0.278. The van der Waals surface area contributed by atoms with Crippen molar-refractivity contribution in [2.24, 2.45) is 0 Å². The van der Waals surface area contributed by atoms with Crippen LogP contribution in [0.1, 0.15) is 30.9 Å². The van der Waals surface area contributed by atoms with Gasteiger partial charge in [-0.15, -0.1) is 0 Å². The van der Waals surface area contributed by atoms with Gasteiger partial charge in [-0.25, -0.2) is 0 Å². The lowest BCUT2D eigenvalue weighted by Gasteiger charge is -2.15. The van der Waals surface area contributed by atoms with Gasteiger partial charge in [-0.05, 0) is 42.8 Å². The Hall–Kier alpha value is -1.13. The molecule has 2 aromatic carbocycles. The third-order valence-corrected chi connectivity index (χ3v) is 4.58. The molecule has 0 atom stereocenters. The maximum atomic E-state index is 6.40. The molecule has 0 aliphatic heterocycles. The van der Waals surface area contributed by atoms with Gasteiger partial charge in [0.25, 0.3) is 0 Å². The van der Waals surface area contributed by atoms with E-state index in [0.29, 0.717) is 26.6 Å². The maximum absolute atomic E-state index is 6.40. The minimum absolute atomic E-state index is 0.278. The Morgan fingerprint density at radius 3 is 2.52 bits per heavy atom. The molecule has 0 aliphatic rings. The number of methoxy groups -OCH3 is 1. The number of hydrogen-bond acceptors (Lipinski definition) is 3. The van der Waals surface area contributed by atoms with Crippen LogP contribution in [0.15, 0.2) is 30.3 Å². The van der Waals surface area contributed by atoms with E-state index in [0.717, 1.165) is 37.1 Å². The second-order valence-electron chi connectivity index (χ2n) is 5.66. The Morgan fingerprint density at radius 1 is 1.04 bits per heavy atom. The zero-order chi connectivity index (χ0) is 18.2. The van der Waals surface area contributed by atoms with Crippen LogP contribution in [0.3, 0.4) is 0 Å². The van der Waals surface area contributed by atoms with Crippen molar-refractivity contribution in [3.8, 4) is 11.5 Å². The van der Waals surface area contributed by atoms with Crippen LogP contribution in [-0.2, 0) is 13.2 Å². The van der Waals surface area contributed by atoms with Crippen molar-refractivity contribution in [2.45, 2.75) is 32.9 Å². The second kappa shape index (κ2) is 10.1. The topological polar surface area (TPSA) is 30.5 Å². The molecule has 0 saturated heterocycles. The molecular formula is C19H22Cl3NO2. The van der Waals surface area contributed by atoms with Gasteiger partial charge < -0.3 is 14.8 Å². The van der Waals surface area contributed by atoms with E-state index in [1.54, 1.807) is 19.2 Å². The van der Waals surface area contributed by atoms with Gasteiger partial charge in [-0.1, -0.05) is 54.2 Å². The van der Waals surface area contributed by atoms with Crippen molar-refractivity contribution in [3.05, 3.63) is 56.5 Å². The fraction of sp³-hybridized carbons (Fsp3) is 0.368. The highest BCUT2D eigenvalue weighted by atomic mass is 35.5. The van der Waals surface area contributed by atoms with Crippen molar-refractivity contribution in [3.63, 3.8) is 0 Å². The molecule has 136 valence electrons. The summed E-state index contributed by atoms with van der Waals surface area (Å²) < 4.78 is 11.3. The van der Waals surface area contributed by atoms with Crippen LogP contribution in [0.2, 0.25) is 15.1 Å². The van der Waals surface area contributed by atoms with E-state index in [4.69, 9.17) is 44.3 Å². The molecule has 0 fully saturated rings. The van der Waals surface area contributed by atoms with Gasteiger partial charge in [0, 0.05) is 22.2 Å². The number of unbranched alkanes of at least 4 members (excludes halogenated alkanes) is 1. The molecule has 0 unspecified atom stereocenters. The Labute approximate surface area is 164 Å². The van der Waals surface area contributed by atoms with Gasteiger partial charge in [0.05, 0.1) is 12.1 Å². The first-order valence-electron chi connectivity index (χ1n) is 8.19. The molecule has 0 saturated carbocycles. The van der Waals surface area contributed by atoms with Crippen molar-refractivity contribution in [2.75, 3.05) is 13.7 Å². The van der Waals surface area contributed by atoms with Crippen LogP contribution >= 0.6 is 34.8 Å². The quantitative estimate of drug-likeness (QED) is 0.512. The lowest BCUT2D eigenvalue weighted by Crippen LogP contribution is -2.14. The predicted molar refractivity (Wildman–Crippen MR) is 105 cm³/mol. The summed E-state index contributed by atoms with van der Waals surface area (Å²) in [6.07, 6.45) is 2.31. The molecule has 0 spiro atoms. The highest BCUT2D eigenvalue weighted by molar-refractivity contribution is 6.35. The smallest absolute Gasteiger partial charge is 0.180 e. The van der Waals surface area contributed by atoms with E-state index in [1.165, 1.54) is 0 Å². The largest absolute Gasteiger partial charge is 0.493 e. The van der Waals surface area contributed by atoms with Gasteiger partial charge in [0.1, 0.15) is 6.61 Å². The summed E-state index contributed by atoms with van der Waals surface area (Å²) in [5.41, 5.74) is 1.88. The third-order valence-electron chi connectivity index (χ3n) is 3.71. The molecule has 25 heavy (non-hydrogen) atoms. The zero-order valence-electron chi connectivity index (χ0n) is 14.4. The molecule has 0 heterocycles. The SMILES string of the molecule is CCCCNCc1cc(Cl)c(OCc2ccc(Cl)cc2Cl)c(OC)c1. The van der Waals surface area contributed by atoms with Crippen LogP contribution < -0.4 is 14.8 Å². The van der Waals surface area contributed by atoms with E-state index in [1.807, 2.05) is 18.2 Å². The van der Waals surface area contributed by atoms with E-state index in [9.17, 15) is 0 Å². The van der Waals surface area contributed by atoms with E-state index in [2.05, 4.69) is 12.2 Å². The molecular weight excluding hydrogens is 381 g/mol. The van der Waals surface area contributed by atoms with Gasteiger partial charge in [0.15, 0.2) is 11.5 Å². The molecule has 3 nitrogen and oxygen atoms in total. The third kappa shape index (κ3) is 5.96. The van der Waals surface area contributed by atoms with Crippen LogP contribution in [0.5, 0.6) is 11.5 Å². The number of halogens is 3. The molecule has 0 amide bonds. The minimum Gasteiger partial charge on any atom is -0.493 e. The van der Waals surface area contributed by atoms with Crippen molar-refractivity contribution >= 4 is 34.8 Å². The first-order valence-corrected chi connectivity index (χ1v) is 9.32. The number of ether oxygens (including phenoxy) is 2. The predicted octanol–water partition coefficient (Wildman–Crippen LogP) is 6.12. The van der Waals surface area contributed by atoms with Crippen LogP contribution in [0.25, 0.3) is 0 Å². The zero-order valence-corrected chi connectivity index (χ0v) is 16.6. The average Bonchev–Trinajstić information content (AvgIpc) is 2.58. The molecule has 2 rings (SSSR count). The summed E-state index contributed by atoms with van der Waals surface area (Å²) in [6.45, 7) is 4.16. The van der Waals surface area contributed by atoms with Gasteiger partial charge >= 0.3 is 0 Å². The van der Waals surface area contributed by atoms with E-state index >= 15 is 0 Å².